The van der Waals surface area contributed by atoms with E-state index in [1.54, 1.807) is 6.20 Å². The number of hydrogen-bond acceptors (Lipinski definition) is 4. The van der Waals surface area contributed by atoms with E-state index < -0.39 is 0 Å². The number of nitrogens with zero attached hydrogens (tertiary/aromatic N) is 5. The van der Waals surface area contributed by atoms with Gasteiger partial charge in [-0.25, -0.2) is 9.97 Å². The summed E-state index contributed by atoms with van der Waals surface area (Å²) in [6.07, 6.45) is 4.50. The van der Waals surface area contributed by atoms with Gasteiger partial charge >= 0.3 is 0 Å². The molecule has 0 bridgehead atoms. The lowest BCUT2D eigenvalue weighted by atomic mass is 10.2. The van der Waals surface area contributed by atoms with Crippen LogP contribution in [-0.4, -0.2) is 51.4 Å². The molecule has 6 nitrogen and oxygen atoms in total. The smallest absolute Gasteiger partial charge is 0.272 e. The van der Waals surface area contributed by atoms with Gasteiger partial charge in [0.15, 0.2) is 0 Å². The number of amides is 1. The third kappa shape index (κ3) is 2.92. The molecule has 1 aliphatic rings. The van der Waals surface area contributed by atoms with Crippen LogP contribution < -0.4 is 4.90 Å². The Morgan fingerprint density at radius 1 is 1.15 bits per heavy atom. The largest absolute Gasteiger partial charge is 0.353 e. The maximum absolute atomic E-state index is 13.2. The minimum Gasteiger partial charge on any atom is -0.353 e. The summed E-state index contributed by atoms with van der Waals surface area (Å²) < 4.78 is 1.93. The maximum Gasteiger partial charge on any atom is 0.272 e. The molecule has 0 atom stereocenters. The van der Waals surface area contributed by atoms with Gasteiger partial charge < -0.3 is 9.80 Å². The van der Waals surface area contributed by atoms with Crippen LogP contribution >= 0.6 is 0 Å². The number of carbonyl (C=O) groups excluding carboxylic acids is 1. The SMILES string of the molecule is CCc1nc2cc(C)ccn2c1C(=O)N1CCN(c2ccccn2)CC1. The quantitative estimate of drug-likeness (QED) is 0.729. The molecule has 3 aromatic heterocycles. The molecule has 0 unspecified atom stereocenters. The second-order valence-electron chi connectivity index (χ2n) is 6.66. The summed E-state index contributed by atoms with van der Waals surface area (Å²) in [6.45, 7) is 7.05. The fourth-order valence-electron chi connectivity index (χ4n) is 3.50. The fraction of sp³-hybridized carbons (Fsp3) is 0.350. The number of pyridine rings is 2. The van der Waals surface area contributed by atoms with Gasteiger partial charge in [-0.15, -0.1) is 0 Å². The van der Waals surface area contributed by atoms with Gasteiger partial charge in [0.25, 0.3) is 5.91 Å². The summed E-state index contributed by atoms with van der Waals surface area (Å²) in [5, 5.41) is 0. The van der Waals surface area contributed by atoms with Crippen LogP contribution in [0.5, 0.6) is 0 Å². The minimum atomic E-state index is 0.0684. The van der Waals surface area contributed by atoms with E-state index in [1.165, 1.54) is 0 Å². The molecule has 0 radical (unpaired) electrons. The van der Waals surface area contributed by atoms with E-state index in [1.807, 2.05) is 59.7 Å². The summed E-state index contributed by atoms with van der Waals surface area (Å²) >= 11 is 0. The number of rotatable bonds is 3. The van der Waals surface area contributed by atoms with Crippen molar-refractivity contribution in [1.29, 1.82) is 0 Å². The van der Waals surface area contributed by atoms with Gasteiger partial charge in [0.1, 0.15) is 17.2 Å². The van der Waals surface area contributed by atoms with Crippen LogP contribution in [0, 0.1) is 6.92 Å². The summed E-state index contributed by atoms with van der Waals surface area (Å²) in [4.78, 5) is 26.4. The molecule has 1 fully saturated rings. The molecule has 26 heavy (non-hydrogen) atoms. The number of aryl methyl sites for hydroxylation is 2. The van der Waals surface area contributed by atoms with Crippen molar-refractivity contribution in [2.45, 2.75) is 20.3 Å². The van der Waals surface area contributed by atoms with Crippen molar-refractivity contribution in [3.8, 4) is 0 Å². The lowest BCUT2D eigenvalue weighted by Crippen LogP contribution is -2.49. The molecule has 1 saturated heterocycles. The van der Waals surface area contributed by atoms with E-state index in [-0.39, 0.29) is 5.91 Å². The second kappa shape index (κ2) is 6.78. The van der Waals surface area contributed by atoms with Crippen LogP contribution in [-0.2, 0) is 6.42 Å². The molecule has 0 spiro atoms. The van der Waals surface area contributed by atoms with Gasteiger partial charge in [0.05, 0.1) is 5.69 Å². The van der Waals surface area contributed by atoms with Gasteiger partial charge in [-0.2, -0.15) is 0 Å². The number of imidazole rings is 1. The molecule has 1 aliphatic heterocycles. The van der Waals surface area contributed by atoms with Gasteiger partial charge in [-0.1, -0.05) is 13.0 Å². The number of piperazine rings is 1. The number of fused-ring (bicyclic) bond motifs is 1. The van der Waals surface area contributed by atoms with Crippen LogP contribution in [0.2, 0.25) is 0 Å². The Bertz CT molecular complexity index is 926. The first kappa shape index (κ1) is 16.6. The molecule has 0 aromatic carbocycles. The first-order valence-corrected chi connectivity index (χ1v) is 9.10. The maximum atomic E-state index is 13.2. The lowest BCUT2D eigenvalue weighted by Gasteiger charge is -2.35. The summed E-state index contributed by atoms with van der Waals surface area (Å²) in [7, 11) is 0. The van der Waals surface area contributed by atoms with Crippen molar-refractivity contribution in [3.63, 3.8) is 0 Å². The third-order valence-corrected chi connectivity index (χ3v) is 4.93. The van der Waals surface area contributed by atoms with Crippen molar-refractivity contribution < 1.29 is 4.79 Å². The highest BCUT2D eigenvalue weighted by molar-refractivity contribution is 5.95. The highest BCUT2D eigenvalue weighted by atomic mass is 16.2. The number of anilines is 1. The van der Waals surface area contributed by atoms with E-state index in [0.717, 1.165) is 42.2 Å². The molecule has 0 aliphatic carbocycles. The fourth-order valence-corrected chi connectivity index (χ4v) is 3.50. The second-order valence-corrected chi connectivity index (χ2v) is 6.66. The van der Waals surface area contributed by atoms with Gasteiger partial charge in [0.2, 0.25) is 0 Å². The Morgan fingerprint density at radius 2 is 1.96 bits per heavy atom. The van der Waals surface area contributed by atoms with E-state index in [2.05, 4.69) is 14.9 Å². The normalized spacial score (nSPS) is 14.8. The lowest BCUT2D eigenvalue weighted by molar-refractivity contribution is 0.0738. The first-order valence-electron chi connectivity index (χ1n) is 9.10. The van der Waals surface area contributed by atoms with Crippen LogP contribution in [0.1, 0.15) is 28.7 Å². The molecule has 6 heteroatoms. The van der Waals surface area contributed by atoms with Crippen molar-refractivity contribution in [2.24, 2.45) is 0 Å². The van der Waals surface area contributed by atoms with Crippen LogP contribution in [0.25, 0.3) is 5.65 Å². The third-order valence-electron chi connectivity index (χ3n) is 4.93. The Morgan fingerprint density at radius 3 is 2.65 bits per heavy atom. The molecule has 0 saturated carbocycles. The predicted molar refractivity (Wildman–Crippen MR) is 102 cm³/mol. The van der Waals surface area contributed by atoms with Crippen molar-refractivity contribution >= 4 is 17.4 Å². The minimum absolute atomic E-state index is 0.0684. The van der Waals surface area contributed by atoms with Crippen LogP contribution in [0.4, 0.5) is 5.82 Å². The monoisotopic (exact) mass is 349 g/mol. The van der Waals surface area contributed by atoms with Gasteiger partial charge in [-0.05, 0) is 43.2 Å². The molecule has 4 rings (SSSR count). The average Bonchev–Trinajstić information content (AvgIpc) is 3.05. The molecule has 134 valence electrons. The van der Waals surface area contributed by atoms with Gasteiger partial charge in [0, 0.05) is 38.6 Å². The molecular formula is C20H23N5O. The molecule has 1 amide bonds. The molecule has 4 heterocycles. The van der Waals surface area contributed by atoms with Crippen LogP contribution in [0.3, 0.4) is 0 Å². The standard InChI is InChI=1S/C20H23N5O/c1-3-16-19(25-9-7-15(2)14-18(25)22-16)20(26)24-12-10-23(11-13-24)17-6-4-5-8-21-17/h4-9,14H,3,10-13H2,1-2H3. The highest BCUT2D eigenvalue weighted by Gasteiger charge is 2.27. The summed E-state index contributed by atoms with van der Waals surface area (Å²) in [5.41, 5.74) is 3.56. The Kier molecular flexibility index (Phi) is 4.32. The average molecular weight is 349 g/mol. The Hall–Kier alpha value is -2.89. The highest BCUT2D eigenvalue weighted by Crippen LogP contribution is 2.19. The number of hydrogen-bond donors (Lipinski definition) is 0. The Labute approximate surface area is 153 Å². The number of aromatic nitrogens is 3. The van der Waals surface area contributed by atoms with E-state index >= 15 is 0 Å². The predicted octanol–water partition coefficient (Wildman–Crippen LogP) is 2.56. The van der Waals surface area contributed by atoms with E-state index in [0.29, 0.717) is 18.8 Å². The molecule has 0 N–H and O–H groups in total. The van der Waals surface area contributed by atoms with Gasteiger partial charge in [-0.3, -0.25) is 9.20 Å². The Balaban J connectivity index is 1.56. The van der Waals surface area contributed by atoms with Crippen molar-refractivity contribution in [3.05, 3.63) is 59.7 Å². The van der Waals surface area contributed by atoms with Crippen LogP contribution in [0.15, 0.2) is 42.7 Å². The topological polar surface area (TPSA) is 53.7 Å². The molecule has 3 aromatic rings. The van der Waals surface area contributed by atoms with E-state index in [9.17, 15) is 4.79 Å². The van der Waals surface area contributed by atoms with Crippen molar-refractivity contribution in [1.82, 2.24) is 19.3 Å². The van der Waals surface area contributed by atoms with Crippen molar-refractivity contribution in [2.75, 3.05) is 31.1 Å². The zero-order valence-corrected chi connectivity index (χ0v) is 15.2. The first-order chi connectivity index (χ1) is 12.7. The molecular weight excluding hydrogens is 326 g/mol. The zero-order chi connectivity index (χ0) is 18.1. The number of carbonyl (C=O) groups is 1. The van der Waals surface area contributed by atoms with E-state index in [4.69, 9.17) is 0 Å². The zero-order valence-electron chi connectivity index (χ0n) is 15.2. The summed E-state index contributed by atoms with van der Waals surface area (Å²) in [5.74, 6) is 1.04. The summed E-state index contributed by atoms with van der Waals surface area (Å²) in [6, 6.07) is 9.97.